The maximum atomic E-state index is 13.6. The van der Waals surface area contributed by atoms with Crippen molar-refractivity contribution in [2.24, 2.45) is 0 Å². The molecular weight excluding hydrogens is 496 g/mol. The molecule has 4 rings (SSSR count). The first-order valence-electron chi connectivity index (χ1n) is 11.6. The lowest BCUT2D eigenvalue weighted by atomic mass is 10.1. The first kappa shape index (κ1) is 25.9. The number of carboxylic acid groups (broad SMARTS) is 1. The van der Waals surface area contributed by atoms with Gasteiger partial charge in [-0.3, -0.25) is 4.79 Å². The maximum absolute atomic E-state index is 13.6. The molecule has 9 heteroatoms. The fraction of sp³-hybridized carbons (Fsp3) is 0.259. The molecule has 2 N–H and O–H groups in total. The number of thioether (sulfide) groups is 1. The van der Waals surface area contributed by atoms with Gasteiger partial charge in [-0.1, -0.05) is 66.2 Å². The molecule has 0 radical (unpaired) electrons. The van der Waals surface area contributed by atoms with Crippen molar-refractivity contribution in [2.45, 2.75) is 46.9 Å². The summed E-state index contributed by atoms with van der Waals surface area (Å²) in [5.41, 5.74) is 1.69. The van der Waals surface area contributed by atoms with E-state index in [0.717, 1.165) is 16.0 Å². The molecule has 0 saturated carbocycles. The minimum absolute atomic E-state index is 0.0987. The number of nitrogens with one attached hydrogen (secondary N) is 1. The summed E-state index contributed by atoms with van der Waals surface area (Å²) in [6.45, 7) is 2.01. The molecule has 1 amide bonds. The Morgan fingerprint density at radius 3 is 2.22 bits per heavy atom. The van der Waals surface area contributed by atoms with E-state index in [4.69, 9.17) is 0 Å². The molecule has 0 aromatic heterocycles. The second-order valence-corrected chi connectivity index (χ2v) is 12.0. The van der Waals surface area contributed by atoms with Crippen LogP contribution in [0.5, 0.6) is 0 Å². The van der Waals surface area contributed by atoms with Gasteiger partial charge in [0.1, 0.15) is 12.1 Å². The summed E-state index contributed by atoms with van der Waals surface area (Å²) in [5, 5.41) is 12.2. The molecule has 0 bridgehead atoms. The molecular formula is C27H28N2O5S2. The Bertz CT molecular complexity index is 1300. The summed E-state index contributed by atoms with van der Waals surface area (Å²) in [5.74, 6) is -1.78. The Morgan fingerprint density at radius 1 is 1.00 bits per heavy atom. The van der Waals surface area contributed by atoms with Gasteiger partial charge < -0.3 is 10.4 Å². The summed E-state index contributed by atoms with van der Waals surface area (Å²) >= 11 is 1.52. The zero-order chi connectivity index (χ0) is 25.7. The molecule has 3 atom stereocenters. The highest BCUT2D eigenvalue weighted by Gasteiger charge is 2.45. The number of benzene rings is 3. The van der Waals surface area contributed by atoms with Crippen LogP contribution >= 0.6 is 11.8 Å². The van der Waals surface area contributed by atoms with Crippen molar-refractivity contribution in [3.63, 3.8) is 0 Å². The van der Waals surface area contributed by atoms with Crippen LogP contribution in [-0.4, -0.2) is 53.6 Å². The molecule has 1 heterocycles. The van der Waals surface area contributed by atoms with Gasteiger partial charge in [-0.05, 0) is 43.2 Å². The lowest BCUT2D eigenvalue weighted by Crippen LogP contribution is -2.51. The Labute approximate surface area is 215 Å². The van der Waals surface area contributed by atoms with Crippen molar-refractivity contribution in [1.82, 2.24) is 9.62 Å². The predicted octanol–water partition coefficient (Wildman–Crippen LogP) is 3.73. The quantitative estimate of drug-likeness (QED) is 0.442. The smallest absolute Gasteiger partial charge is 0.326 e. The molecule has 0 aliphatic carbocycles. The third kappa shape index (κ3) is 6.16. The standard InChI is InChI=1S/C27H28N2O5S2/c1-19-12-14-23(15-13-19)36(33,34)29-18-22(35-21-10-6-3-7-11-21)17-25(29)26(30)28-24(27(31)32)16-20-8-4-2-5-9-20/h2-15,22,24-25H,16-18H2,1H3,(H,28,30)(H,31,32)/t22?,24-,25-/m0/s1. The number of amides is 1. The van der Waals surface area contributed by atoms with Crippen LogP contribution in [0.2, 0.25) is 0 Å². The predicted molar refractivity (Wildman–Crippen MR) is 139 cm³/mol. The Morgan fingerprint density at radius 2 is 1.61 bits per heavy atom. The molecule has 1 unspecified atom stereocenters. The van der Waals surface area contributed by atoms with Gasteiger partial charge in [0.15, 0.2) is 0 Å². The van der Waals surface area contributed by atoms with Crippen LogP contribution in [0.1, 0.15) is 17.5 Å². The van der Waals surface area contributed by atoms with Gasteiger partial charge in [-0.2, -0.15) is 4.31 Å². The minimum Gasteiger partial charge on any atom is -0.480 e. The van der Waals surface area contributed by atoms with Gasteiger partial charge in [0.2, 0.25) is 15.9 Å². The van der Waals surface area contributed by atoms with Crippen LogP contribution in [0.15, 0.2) is 94.7 Å². The van der Waals surface area contributed by atoms with Gasteiger partial charge in [-0.25, -0.2) is 13.2 Å². The van der Waals surface area contributed by atoms with Crippen molar-refractivity contribution in [2.75, 3.05) is 6.54 Å². The zero-order valence-electron chi connectivity index (χ0n) is 19.8. The lowest BCUT2D eigenvalue weighted by molar-refractivity contribution is -0.142. The van der Waals surface area contributed by atoms with Gasteiger partial charge in [0.05, 0.1) is 4.90 Å². The average molecular weight is 525 g/mol. The number of sulfonamides is 1. The normalized spacial score (nSPS) is 19.0. The summed E-state index contributed by atoms with van der Waals surface area (Å²) in [6, 6.07) is 22.9. The third-order valence-electron chi connectivity index (χ3n) is 6.09. The van der Waals surface area contributed by atoms with Gasteiger partial charge in [-0.15, -0.1) is 11.8 Å². The zero-order valence-corrected chi connectivity index (χ0v) is 21.4. The van der Waals surface area contributed by atoms with Crippen LogP contribution in [0, 0.1) is 6.92 Å². The van der Waals surface area contributed by atoms with Crippen molar-refractivity contribution in [3.8, 4) is 0 Å². The number of hydrogen-bond acceptors (Lipinski definition) is 5. The second-order valence-electron chi connectivity index (χ2n) is 8.78. The highest BCUT2D eigenvalue weighted by atomic mass is 32.2. The van der Waals surface area contributed by atoms with Crippen molar-refractivity contribution < 1.29 is 23.1 Å². The average Bonchev–Trinajstić information content (AvgIpc) is 3.30. The SMILES string of the molecule is Cc1ccc(S(=O)(=O)N2CC(Sc3ccccc3)C[C@H]2C(=O)N[C@@H](Cc2ccccc2)C(=O)O)cc1. The molecule has 3 aromatic rings. The van der Waals surface area contributed by atoms with E-state index in [-0.39, 0.29) is 29.5 Å². The topological polar surface area (TPSA) is 104 Å². The number of nitrogens with zero attached hydrogens (tertiary/aromatic N) is 1. The summed E-state index contributed by atoms with van der Waals surface area (Å²) in [4.78, 5) is 26.4. The van der Waals surface area contributed by atoms with Crippen LogP contribution in [0.3, 0.4) is 0 Å². The number of rotatable bonds is 9. The summed E-state index contributed by atoms with van der Waals surface area (Å²) in [7, 11) is -3.98. The maximum Gasteiger partial charge on any atom is 0.326 e. The van der Waals surface area contributed by atoms with E-state index in [9.17, 15) is 23.1 Å². The number of aliphatic carboxylic acids is 1. The number of carbonyl (C=O) groups excluding carboxylic acids is 1. The fourth-order valence-corrected chi connectivity index (χ4v) is 7.16. The summed E-state index contributed by atoms with van der Waals surface area (Å²) < 4.78 is 28.4. The first-order valence-corrected chi connectivity index (χ1v) is 13.9. The highest BCUT2D eigenvalue weighted by molar-refractivity contribution is 8.00. The van der Waals surface area contributed by atoms with Crippen LogP contribution in [0.25, 0.3) is 0 Å². The van der Waals surface area contributed by atoms with E-state index in [0.29, 0.717) is 0 Å². The molecule has 7 nitrogen and oxygen atoms in total. The number of hydrogen-bond donors (Lipinski definition) is 2. The van der Waals surface area contributed by atoms with Crippen molar-refractivity contribution >= 4 is 33.7 Å². The van der Waals surface area contributed by atoms with E-state index < -0.39 is 34.0 Å². The first-order chi connectivity index (χ1) is 17.2. The number of carboxylic acids is 1. The largest absolute Gasteiger partial charge is 0.480 e. The monoisotopic (exact) mass is 524 g/mol. The van der Waals surface area contributed by atoms with Crippen LogP contribution in [-0.2, 0) is 26.0 Å². The summed E-state index contributed by atoms with van der Waals surface area (Å²) in [6.07, 6.45) is 0.371. The van der Waals surface area contributed by atoms with Gasteiger partial charge in [0, 0.05) is 23.1 Å². The molecule has 1 aliphatic heterocycles. The number of aryl methyl sites for hydroxylation is 1. The van der Waals surface area contributed by atoms with E-state index in [1.54, 1.807) is 36.4 Å². The molecule has 1 fully saturated rings. The van der Waals surface area contributed by atoms with Crippen molar-refractivity contribution in [3.05, 3.63) is 96.1 Å². The second kappa shape index (κ2) is 11.3. The number of carbonyl (C=O) groups is 2. The van der Waals surface area contributed by atoms with Crippen molar-refractivity contribution in [1.29, 1.82) is 0 Å². The highest BCUT2D eigenvalue weighted by Crippen LogP contribution is 2.36. The minimum atomic E-state index is -3.98. The molecule has 1 saturated heterocycles. The molecule has 188 valence electrons. The van der Waals surface area contributed by atoms with E-state index in [1.165, 1.54) is 28.2 Å². The van der Waals surface area contributed by atoms with E-state index in [1.807, 2.05) is 43.3 Å². The third-order valence-corrected chi connectivity index (χ3v) is 9.20. The molecule has 1 aliphatic rings. The Kier molecular flexibility index (Phi) is 8.13. The van der Waals surface area contributed by atoms with Gasteiger partial charge in [0.25, 0.3) is 0 Å². The lowest BCUT2D eigenvalue weighted by Gasteiger charge is -2.25. The van der Waals surface area contributed by atoms with E-state index >= 15 is 0 Å². The molecule has 3 aromatic carbocycles. The van der Waals surface area contributed by atoms with Gasteiger partial charge >= 0.3 is 5.97 Å². The molecule has 0 spiro atoms. The van der Waals surface area contributed by atoms with E-state index in [2.05, 4.69) is 5.32 Å². The van der Waals surface area contributed by atoms with Crippen LogP contribution in [0.4, 0.5) is 0 Å². The Balaban J connectivity index is 1.59. The van der Waals surface area contributed by atoms with Crippen LogP contribution < -0.4 is 5.32 Å². The molecule has 36 heavy (non-hydrogen) atoms. The Hall–Kier alpha value is -3.14. The fourth-order valence-electron chi connectivity index (χ4n) is 4.21.